The molecular weight excluding hydrogens is 284 g/mol. The minimum absolute atomic E-state index is 0.0741. The van der Waals surface area contributed by atoms with Crippen LogP contribution in [0.1, 0.15) is 52.1 Å². The summed E-state index contributed by atoms with van der Waals surface area (Å²) >= 11 is 0. The molecule has 0 aliphatic rings. The van der Waals surface area contributed by atoms with Crippen LogP contribution in [0.3, 0.4) is 0 Å². The van der Waals surface area contributed by atoms with Crippen LogP contribution < -0.4 is 10.0 Å². The molecule has 1 aromatic rings. The first-order valence-corrected chi connectivity index (χ1v) is 9.13. The molecule has 1 rings (SSSR count). The fourth-order valence-electron chi connectivity index (χ4n) is 2.29. The van der Waals surface area contributed by atoms with Crippen LogP contribution in [0.4, 0.5) is 0 Å². The molecule has 1 aromatic carbocycles. The molecule has 0 heterocycles. The standard InChI is InChI=1S/C16H28N2O2S/c1-6-12(3)13(4)18-21(19,20)15-10-8-9-14(11-15)16(7-2)17-5/h8-13,16-18H,6-7H2,1-5H3. The van der Waals surface area contributed by atoms with Gasteiger partial charge in [-0.2, -0.15) is 0 Å². The van der Waals surface area contributed by atoms with Gasteiger partial charge in [0, 0.05) is 12.1 Å². The smallest absolute Gasteiger partial charge is 0.240 e. The van der Waals surface area contributed by atoms with E-state index in [2.05, 4.69) is 30.8 Å². The van der Waals surface area contributed by atoms with Gasteiger partial charge < -0.3 is 5.32 Å². The Morgan fingerprint density at radius 1 is 1.14 bits per heavy atom. The van der Waals surface area contributed by atoms with Gasteiger partial charge in [-0.3, -0.25) is 0 Å². The van der Waals surface area contributed by atoms with Crippen molar-refractivity contribution in [1.29, 1.82) is 0 Å². The quantitative estimate of drug-likeness (QED) is 0.775. The third-order valence-electron chi connectivity index (χ3n) is 4.17. The van der Waals surface area contributed by atoms with Gasteiger partial charge in [-0.25, -0.2) is 13.1 Å². The van der Waals surface area contributed by atoms with Gasteiger partial charge in [0.1, 0.15) is 0 Å². The number of hydrogen-bond acceptors (Lipinski definition) is 3. The molecule has 21 heavy (non-hydrogen) atoms. The van der Waals surface area contributed by atoms with E-state index in [0.29, 0.717) is 10.8 Å². The van der Waals surface area contributed by atoms with E-state index in [1.165, 1.54) is 0 Å². The summed E-state index contributed by atoms with van der Waals surface area (Å²) in [5, 5.41) is 3.20. The molecule has 0 fully saturated rings. The van der Waals surface area contributed by atoms with E-state index in [1.807, 2.05) is 20.0 Å². The van der Waals surface area contributed by atoms with Gasteiger partial charge in [0.25, 0.3) is 0 Å². The largest absolute Gasteiger partial charge is 0.313 e. The Morgan fingerprint density at radius 3 is 2.33 bits per heavy atom. The maximum atomic E-state index is 12.5. The highest BCUT2D eigenvalue weighted by molar-refractivity contribution is 7.89. The van der Waals surface area contributed by atoms with E-state index >= 15 is 0 Å². The van der Waals surface area contributed by atoms with Crippen molar-refractivity contribution in [1.82, 2.24) is 10.0 Å². The maximum absolute atomic E-state index is 12.5. The minimum Gasteiger partial charge on any atom is -0.313 e. The highest BCUT2D eigenvalue weighted by Gasteiger charge is 2.21. The van der Waals surface area contributed by atoms with E-state index in [9.17, 15) is 8.42 Å². The third kappa shape index (κ3) is 4.80. The molecule has 0 aromatic heterocycles. The van der Waals surface area contributed by atoms with Crippen LogP contribution >= 0.6 is 0 Å². The first-order chi connectivity index (χ1) is 9.85. The molecule has 0 radical (unpaired) electrons. The van der Waals surface area contributed by atoms with Crippen LogP contribution in [-0.2, 0) is 10.0 Å². The molecule has 0 aliphatic heterocycles. The van der Waals surface area contributed by atoms with Crippen molar-refractivity contribution in [2.45, 2.75) is 57.5 Å². The highest BCUT2D eigenvalue weighted by Crippen LogP contribution is 2.20. The zero-order valence-corrected chi connectivity index (χ0v) is 14.5. The van der Waals surface area contributed by atoms with Crippen molar-refractivity contribution in [3.8, 4) is 0 Å². The first-order valence-electron chi connectivity index (χ1n) is 7.65. The molecule has 0 saturated carbocycles. The zero-order valence-electron chi connectivity index (χ0n) is 13.7. The molecule has 5 heteroatoms. The molecule has 3 unspecified atom stereocenters. The Bertz CT molecular complexity index is 539. The summed E-state index contributed by atoms with van der Waals surface area (Å²) in [6.45, 7) is 8.11. The van der Waals surface area contributed by atoms with Crippen LogP contribution in [0.25, 0.3) is 0 Å². The number of sulfonamides is 1. The SMILES string of the molecule is CCC(NC)c1cccc(S(=O)(=O)NC(C)C(C)CC)c1. The van der Waals surface area contributed by atoms with Crippen molar-refractivity contribution in [2.75, 3.05) is 7.05 Å². The van der Waals surface area contributed by atoms with Crippen LogP contribution in [0, 0.1) is 5.92 Å². The summed E-state index contributed by atoms with van der Waals surface area (Å²) in [6.07, 6.45) is 1.86. The molecule has 0 spiro atoms. The number of nitrogens with one attached hydrogen (secondary N) is 2. The van der Waals surface area contributed by atoms with Gasteiger partial charge in [0.2, 0.25) is 10.0 Å². The van der Waals surface area contributed by atoms with Crippen molar-refractivity contribution in [2.24, 2.45) is 5.92 Å². The number of rotatable bonds is 8. The normalized spacial score (nSPS) is 16.4. The van der Waals surface area contributed by atoms with Crippen LogP contribution in [0.15, 0.2) is 29.2 Å². The van der Waals surface area contributed by atoms with Crippen LogP contribution in [-0.4, -0.2) is 21.5 Å². The molecule has 2 N–H and O–H groups in total. The van der Waals surface area contributed by atoms with Crippen LogP contribution in [0.2, 0.25) is 0 Å². The lowest BCUT2D eigenvalue weighted by Crippen LogP contribution is -2.36. The number of benzene rings is 1. The average Bonchev–Trinajstić information content (AvgIpc) is 2.47. The molecule has 0 bridgehead atoms. The highest BCUT2D eigenvalue weighted by atomic mass is 32.2. The Labute approximate surface area is 129 Å². The van der Waals surface area contributed by atoms with Crippen LogP contribution in [0.5, 0.6) is 0 Å². The van der Waals surface area contributed by atoms with Crippen molar-refractivity contribution >= 4 is 10.0 Å². The van der Waals surface area contributed by atoms with Crippen molar-refractivity contribution < 1.29 is 8.42 Å². The van der Waals surface area contributed by atoms with E-state index in [-0.39, 0.29) is 12.1 Å². The number of hydrogen-bond donors (Lipinski definition) is 2. The summed E-state index contributed by atoms with van der Waals surface area (Å²) in [4.78, 5) is 0.337. The second-order valence-electron chi connectivity index (χ2n) is 5.62. The minimum atomic E-state index is -3.46. The molecule has 0 saturated heterocycles. The fourth-order valence-corrected chi connectivity index (χ4v) is 3.69. The molecular formula is C16H28N2O2S. The summed E-state index contributed by atoms with van der Waals surface area (Å²) < 4.78 is 27.7. The summed E-state index contributed by atoms with van der Waals surface area (Å²) in [5.41, 5.74) is 0.999. The topological polar surface area (TPSA) is 58.2 Å². The zero-order chi connectivity index (χ0) is 16.0. The lowest BCUT2D eigenvalue weighted by Gasteiger charge is -2.20. The van der Waals surface area contributed by atoms with Crippen molar-refractivity contribution in [3.63, 3.8) is 0 Å². The third-order valence-corrected chi connectivity index (χ3v) is 5.72. The van der Waals surface area contributed by atoms with Gasteiger partial charge in [0.05, 0.1) is 4.90 Å². The van der Waals surface area contributed by atoms with Gasteiger partial charge in [0.15, 0.2) is 0 Å². The Morgan fingerprint density at radius 2 is 1.81 bits per heavy atom. The molecule has 4 nitrogen and oxygen atoms in total. The van der Waals surface area contributed by atoms with Crippen molar-refractivity contribution in [3.05, 3.63) is 29.8 Å². The second-order valence-corrected chi connectivity index (χ2v) is 7.33. The second kappa shape index (κ2) is 7.92. The first kappa shape index (κ1) is 18.1. The van der Waals surface area contributed by atoms with Gasteiger partial charge in [-0.05, 0) is 44.0 Å². The fraction of sp³-hybridized carbons (Fsp3) is 0.625. The predicted octanol–water partition coefficient (Wildman–Crippen LogP) is 3.07. The Hall–Kier alpha value is -0.910. The van der Waals surface area contributed by atoms with Gasteiger partial charge in [-0.15, -0.1) is 0 Å². The summed E-state index contributed by atoms with van der Waals surface area (Å²) in [5.74, 6) is 0.309. The maximum Gasteiger partial charge on any atom is 0.240 e. The van der Waals surface area contributed by atoms with Gasteiger partial charge in [-0.1, -0.05) is 39.3 Å². The molecule has 0 aliphatic carbocycles. The summed E-state index contributed by atoms with van der Waals surface area (Å²) in [7, 11) is -1.58. The van der Waals surface area contributed by atoms with E-state index in [0.717, 1.165) is 18.4 Å². The van der Waals surface area contributed by atoms with E-state index in [4.69, 9.17) is 0 Å². The Balaban J connectivity index is 3.01. The van der Waals surface area contributed by atoms with E-state index in [1.54, 1.807) is 18.2 Å². The average molecular weight is 312 g/mol. The molecule has 3 atom stereocenters. The lowest BCUT2D eigenvalue weighted by molar-refractivity contribution is 0.434. The molecule has 120 valence electrons. The Kier molecular flexibility index (Phi) is 6.84. The summed E-state index contributed by atoms with van der Waals surface area (Å²) in [6, 6.07) is 7.27. The lowest BCUT2D eigenvalue weighted by atomic mass is 10.0. The predicted molar refractivity (Wildman–Crippen MR) is 87.8 cm³/mol. The van der Waals surface area contributed by atoms with E-state index < -0.39 is 10.0 Å². The molecule has 0 amide bonds. The van der Waals surface area contributed by atoms with Gasteiger partial charge >= 0.3 is 0 Å². The monoisotopic (exact) mass is 312 g/mol.